The summed E-state index contributed by atoms with van der Waals surface area (Å²) >= 11 is 0. The number of benzene rings is 1. The predicted molar refractivity (Wildman–Crippen MR) is 84.9 cm³/mol. The number of nitrogens with one attached hydrogen (secondary N) is 1. The molecule has 1 aromatic carbocycles. The first-order chi connectivity index (χ1) is 10.8. The Morgan fingerprint density at radius 1 is 1.27 bits per heavy atom. The molecule has 3 rings (SSSR count). The Bertz CT molecular complexity index is 551. The van der Waals surface area contributed by atoms with E-state index < -0.39 is 0 Å². The Hall–Kier alpha value is -1.85. The predicted octanol–water partition coefficient (Wildman–Crippen LogP) is 1.08. The second-order valence-corrected chi connectivity index (χ2v) is 5.54. The quantitative estimate of drug-likeness (QED) is 0.827. The molecule has 5 nitrogen and oxygen atoms in total. The number of hydrogen-bond donors (Lipinski definition) is 1. The van der Waals surface area contributed by atoms with Crippen LogP contribution in [0.5, 0.6) is 5.75 Å². The molecule has 0 radical (unpaired) electrons. The molecule has 5 heteroatoms. The van der Waals surface area contributed by atoms with E-state index in [1.165, 1.54) is 5.56 Å². The summed E-state index contributed by atoms with van der Waals surface area (Å²) in [5.41, 5.74) is 2.25. The first kappa shape index (κ1) is 15.1. The molecule has 0 spiro atoms. The van der Waals surface area contributed by atoms with Crippen LogP contribution in [0.15, 0.2) is 24.3 Å². The number of hydrogen-bond acceptors (Lipinski definition) is 4. The highest BCUT2D eigenvalue weighted by Gasteiger charge is 2.11. The van der Waals surface area contributed by atoms with E-state index in [0.717, 1.165) is 57.2 Å². The van der Waals surface area contributed by atoms with Gasteiger partial charge in [0.25, 0.3) is 0 Å². The van der Waals surface area contributed by atoms with Gasteiger partial charge >= 0.3 is 0 Å². The van der Waals surface area contributed by atoms with Crippen LogP contribution in [0.25, 0.3) is 6.08 Å². The van der Waals surface area contributed by atoms with Crippen LogP contribution >= 0.6 is 0 Å². The number of fused-ring (bicyclic) bond motifs is 1. The zero-order valence-electron chi connectivity index (χ0n) is 12.7. The van der Waals surface area contributed by atoms with Gasteiger partial charge in [0.2, 0.25) is 5.91 Å². The van der Waals surface area contributed by atoms with E-state index in [-0.39, 0.29) is 5.91 Å². The third kappa shape index (κ3) is 4.08. The van der Waals surface area contributed by atoms with E-state index in [9.17, 15) is 4.79 Å². The molecule has 22 heavy (non-hydrogen) atoms. The Morgan fingerprint density at radius 3 is 3.00 bits per heavy atom. The molecule has 1 N–H and O–H groups in total. The highest BCUT2D eigenvalue weighted by Crippen LogP contribution is 2.26. The number of morpholine rings is 1. The number of nitrogens with zero attached hydrogens (tertiary/aromatic N) is 1. The number of amides is 1. The molecule has 2 aliphatic heterocycles. The summed E-state index contributed by atoms with van der Waals surface area (Å²) in [5, 5.41) is 2.92. The highest BCUT2D eigenvalue weighted by molar-refractivity contribution is 5.91. The fourth-order valence-electron chi connectivity index (χ4n) is 2.70. The summed E-state index contributed by atoms with van der Waals surface area (Å²) in [7, 11) is 0. The second-order valence-electron chi connectivity index (χ2n) is 5.54. The summed E-state index contributed by atoms with van der Waals surface area (Å²) in [6.45, 7) is 5.77. The molecule has 2 aliphatic rings. The molecule has 1 aromatic rings. The summed E-state index contributed by atoms with van der Waals surface area (Å²) in [4.78, 5) is 14.1. The van der Waals surface area contributed by atoms with Crippen LogP contribution in [0.2, 0.25) is 0 Å². The lowest BCUT2D eigenvalue weighted by molar-refractivity contribution is -0.116. The van der Waals surface area contributed by atoms with Crippen molar-refractivity contribution >= 4 is 12.0 Å². The van der Waals surface area contributed by atoms with E-state index in [1.54, 1.807) is 6.08 Å². The van der Waals surface area contributed by atoms with Gasteiger partial charge < -0.3 is 14.8 Å². The van der Waals surface area contributed by atoms with Gasteiger partial charge in [-0.2, -0.15) is 0 Å². The lowest BCUT2D eigenvalue weighted by Crippen LogP contribution is -2.41. The largest absolute Gasteiger partial charge is 0.493 e. The van der Waals surface area contributed by atoms with Crippen LogP contribution in [-0.4, -0.2) is 56.8 Å². The molecule has 0 atom stereocenters. The molecule has 118 valence electrons. The van der Waals surface area contributed by atoms with Crippen molar-refractivity contribution in [2.45, 2.75) is 6.42 Å². The first-order valence-electron chi connectivity index (χ1n) is 7.83. The van der Waals surface area contributed by atoms with Crippen molar-refractivity contribution in [3.8, 4) is 5.75 Å². The Labute approximate surface area is 130 Å². The number of rotatable bonds is 5. The maximum Gasteiger partial charge on any atom is 0.244 e. The average molecular weight is 302 g/mol. The monoisotopic (exact) mass is 302 g/mol. The standard InChI is InChI=1S/C17H22N2O3/c20-17(18-6-7-19-8-11-21-12-9-19)4-2-14-1-3-16-15(13-14)5-10-22-16/h1-4,13H,5-12H2,(H,18,20)/b4-2+. The zero-order valence-corrected chi connectivity index (χ0v) is 12.7. The molecule has 1 saturated heterocycles. The van der Waals surface area contributed by atoms with Gasteiger partial charge in [-0.05, 0) is 29.3 Å². The number of carbonyl (C=O) groups is 1. The van der Waals surface area contributed by atoms with Crippen molar-refractivity contribution in [1.29, 1.82) is 0 Å². The highest BCUT2D eigenvalue weighted by atomic mass is 16.5. The smallest absolute Gasteiger partial charge is 0.244 e. The molecular formula is C17H22N2O3. The fourth-order valence-corrected chi connectivity index (χ4v) is 2.70. The molecular weight excluding hydrogens is 280 g/mol. The van der Waals surface area contributed by atoms with Gasteiger partial charge in [0, 0.05) is 38.7 Å². The maximum absolute atomic E-state index is 11.8. The van der Waals surface area contributed by atoms with Crippen LogP contribution in [0.1, 0.15) is 11.1 Å². The van der Waals surface area contributed by atoms with Crippen molar-refractivity contribution in [2.75, 3.05) is 46.0 Å². The van der Waals surface area contributed by atoms with Crippen molar-refractivity contribution in [3.05, 3.63) is 35.4 Å². The van der Waals surface area contributed by atoms with E-state index in [1.807, 2.05) is 18.2 Å². The normalized spacial score (nSPS) is 18.2. The minimum Gasteiger partial charge on any atom is -0.493 e. The van der Waals surface area contributed by atoms with Crippen molar-refractivity contribution < 1.29 is 14.3 Å². The number of ether oxygens (including phenoxy) is 2. The zero-order chi connectivity index (χ0) is 15.2. The van der Waals surface area contributed by atoms with E-state index >= 15 is 0 Å². The SMILES string of the molecule is O=C(/C=C/c1ccc2c(c1)CCO2)NCCN1CCOCC1. The summed E-state index contributed by atoms with van der Waals surface area (Å²) in [5.74, 6) is 0.914. The van der Waals surface area contributed by atoms with Crippen LogP contribution in [0.4, 0.5) is 0 Å². The van der Waals surface area contributed by atoms with Crippen molar-refractivity contribution in [2.24, 2.45) is 0 Å². The van der Waals surface area contributed by atoms with Gasteiger partial charge in [0.15, 0.2) is 0 Å². The van der Waals surface area contributed by atoms with Gasteiger partial charge in [-0.3, -0.25) is 9.69 Å². The topological polar surface area (TPSA) is 50.8 Å². The van der Waals surface area contributed by atoms with Gasteiger partial charge in [-0.25, -0.2) is 0 Å². The minimum absolute atomic E-state index is 0.0509. The third-order valence-corrected chi connectivity index (χ3v) is 3.97. The van der Waals surface area contributed by atoms with Crippen LogP contribution < -0.4 is 10.1 Å². The summed E-state index contributed by atoms with van der Waals surface area (Å²) in [6, 6.07) is 6.03. The van der Waals surface area contributed by atoms with E-state index in [2.05, 4.69) is 16.3 Å². The molecule has 0 unspecified atom stereocenters. The van der Waals surface area contributed by atoms with Gasteiger partial charge in [-0.1, -0.05) is 6.07 Å². The van der Waals surface area contributed by atoms with Gasteiger partial charge in [-0.15, -0.1) is 0 Å². The Balaban J connectivity index is 1.43. The average Bonchev–Trinajstić information content (AvgIpc) is 3.01. The minimum atomic E-state index is -0.0509. The lowest BCUT2D eigenvalue weighted by atomic mass is 10.1. The van der Waals surface area contributed by atoms with Gasteiger partial charge in [0.1, 0.15) is 5.75 Å². The molecule has 0 saturated carbocycles. The lowest BCUT2D eigenvalue weighted by Gasteiger charge is -2.26. The first-order valence-corrected chi connectivity index (χ1v) is 7.83. The summed E-state index contributed by atoms with van der Waals surface area (Å²) in [6.07, 6.45) is 4.39. The molecule has 0 bridgehead atoms. The summed E-state index contributed by atoms with van der Waals surface area (Å²) < 4.78 is 10.8. The van der Waals surface area contributed by atoms with Crippen LogP contribution in [-0.2, 0) is 16.0 Å². The second kappa shape index (κ2) is 7.42. The fraction of sp³-hybridized carbons (Fsp3) is 0.471. The van der Waals surface area contributed by atoms with Crippen LogP contribution in [0.3, 0.4) is 0 Å². The van der Waals surface area contributed by atoms with E-state index in [4.69, 9.17) is 9.47 Å². The van der Waals surface area contributed by atoms with Crippen molar-refractivity contribution in [3.63, 3.8) is 0 Å². The van der Waals surface area contributed by atoms with Crippen LogP contribution in [0, 0.1) is 0 Å². The molecule has 0 aromatic heterocycles. The molecule has 0 aliphatic carbocycles. The molecule has 2 heterocycles. The maximum atomic E-state index is 11.8. The third-order valence-electron chi connectivity index (χ3n) is 3.97. The van der Waals surface area contributed by atoms with Gasteiger partial charge in [0.05, 0.1) is 19.8 Å². The van der Waals surface area contributed by atoms with E-state index in [0.29, 0.717) is 6.54 Å². The Morgan fingerprint density at radius 2 is 2.14 bits per heavy atom. The van der Waals surface area contributed by atoms with Crippen molar-refractivity contribution in [1.82, 2.24) is 10.2 Å². The Kier molecular flexibility index (Phi) is 5.08. The number of carbonyl (C=O) groups excluding carboxylic acids is 1. The molecule has 1 fully saturated rings. The molecule has 1 amide bonds.